The van der Waals surface area contributed by atoms with Crippen LogP contribution in [0.25, 0.3) is 0 Å². The maximum absolute atomic E-state index is 12.4. The molecule has 0 saturated carbocycles. The van der Waals surface area contributed by atoms with Gasteiger partial charge in [0.2, 0.25) is 10.0 Å². The van der Waals surface area contributed by atoms with E-state index in [2.05, 4.69) is 32.9 Å². The van der Waals surface area contributed by atoms with Crippen LogP contribution in [0.3, 0.4) is 0 Å². The number of nitrogens with one attached hydrogen (secondary N) is 2. The van der Waals surface area contributed by atoms with Crippen LogP contribution >= 0.6 is 15.9 Å². The minimum atomic E-state index is -3.49. The highest BCUT2D eigenvalue weighted by Gasteiger charge is 2.22. The summed E-state index contributed by atoms with van der Waals surface area (Å²) in [7, 11) is -1.64. The number of rotatable bonds is 7. The van der Waals surface area contributed by atoms with Gasteiger partial charge in [0, 0.05) is 17.1 Å². The second kappa shape index (κ2) is 7.54. The molecule has 0 fully saturated rings. The van der Waals surface area contributed by atoms with E-state index in [9.17, 15) is 8.42 Å². The van der Waals surface area contributed by atoms with Crippen molar-refractivity contribution in [1.29, 1.82) is 0 Å². The molecule has 2 N–H and O–H groups in total. The van der Waals surface area contributed by atoms with E-state index in [4.69, 9.17) is 0 Å². The van der Waals surface area contributed by atoms with Crippen molar-refractivity contribution in [3.63, 3.8) is 0 Å². The molecule has 0 radical (unpaired) electrons. The van der Waals surface area contributed by atoms with Gasteiger partial charge in [-0.25, -0.2) is 13.1 Å². The number of halogens is 1. The Morgan fingerprint density at radius 1 is 1.30 bits per heavy atom. The van der Waals surface area contributed by atoms with Crippen molar-refractivity contribution in [3.05, 3.63) is 28.2 Å². The minimum Gasteiger partial charge on any atom is -0.316 e. The monoisotopic (exact) mass is 362 g/mol. The lowest BCUT2D eigenvalue weighted by Gasteiger charge is -2.20. The molecular weight excluding hydrogens is 340 g/mol. The van der Waals surface area contributed by atoms with Crippen molar-refractivity contribution in [3.8, 4) is 0 Å². The summed E-state index contributed by atoms with van der Waals surface area (Å²) in [6.45, 7) is 6.70. The fourth-order valence-electron chi connectivity index (χ4n) is 1.85. The Kier molecular flexibility index (Phi) is 6.64. The van der Waals surface area contributed by atoms with Gasteiger partial charge >= 0.3 is 0 Å². The second-order valence-corrected chi connectivity index (χ2v) is 7.63. The van der Waals surface area contributed by atoms with Crippen molar-refractivity contribution in [1.82, 2.24) is 10.0 Å². The molecule has 1 aromatic rings. The molecule has 2 atom stereocenters. The van der Waals surface area contributed by atoms with Crippen molar-refractivity contribution in [2.45, 2.75) is 44.7 Å². The third kappa shape index (κ3) is 4.55. The molecule has 1 aromatic carbocycles. The molecule has 0 spiro atoms. The van der Waals surface area contributed by atoms with Gasteiger partial charge < -0.3 is 5.32 Å². The summed E-state index contributed by atoms with van der Waals surface area (Å²) < 4.78 is 28.1. The molecule has 0 aliphatic heterocycles. The van der Waals surface area contributed by atoms with Crippen LogP contribution in [0.15, 0.2) is 27.6 Å². The van der Waals surface area contributed by atoms with Crippen LogP contribution in [0.1, 0.15) is 32.8 Å². The van der Waals surface area contributed by atoms with E-state index in [-0.39, 0.29) is 10.9 Å². The number of hydrogen-bond acceptors (Lipinski definition) is 3. The van der Waals surface area contributed by atoms with E-state index in [1.165, 1.54) is 0 Å². The maximum Gasteiger partial charge on any atom is 0.241 e. The van der Waals surface area contributed by atoms with Crippen LogP contribution in [0.2, 0.25) is 0 Å². The number of benzene rings is 1. The lowest BCUT2D eigenvalue weighted by atomic mass is 10.0. The summed E-state index contributed by atoms with van der Waals surface area (Å²) in [6, 6.07) is 5.21. The minimum absolute atomic E-state index is 0.0890. The van der Waals surface area contributed by atoms with Crippen molar-refractivity contribution in [2.24, 2.45) is 5.92 Å². The topological polar surface area (TPSA) is 58.2 Å². The van der Waals surface area contributed by atoms with Crippen LogP contribution < -0.4 is 10.0 Å². The summed E-state index contributed by atoms with van der Waals surface area (Å²) in [4.78, 5) is 0.285. The van der Waals surface area contributed by atoms with Gasteiger partial charge in [-0.3, -0.25) is 0 Å². The lowest BCUT2D eigenvalue weighted by Crippen LogP contribution is -2.37. The first-order valence-corrected chi connectivity index (χ1v) is 9.04. The summed E-state index contributed by atoms with van der Waals surface area (Å²) in [5.74, 6) is 0.298. The predicted octanol–water partition coefficient (Wildman–Crippen LogP) is 2.88. The fraction of sp³-hybridized carbons (Fsp3) is 0.571. The Morgan fingerprint density at radius 3 is 2.45 bits per heavy atom. The van der Waals surface area contributed by atoms with E-state index < -0.39 is 10.0 Å². The second-order valence-electron chi connectivity index (χ2n) is 5.09. The fourth-order valence-corrected chi connectivity index (χ4v) is 4.33. The van der Waals surface area contributed by atoms with Crippen LogP contribution in [0.5, 0.6) is 0 Å². The molecule has 1 rings (SSSR count). The van der Waals surface area contributed by atoms with Gasteiger partial charge in [-0.2, -0.15) is 0 Å². The van der Waals surface area contributed by atoms with E-state index >= 15 is 0 Å². The molecule has 0 bridgehead atoms. The first-order valence-electron chi connectivity index (χ1n) is 6.77. The highest BCUT2D eigenvalue weighted by atomic mass is 79.9. The molecule has 2 unspecified atom stereocenters. The molecule has 0 saturated heterocycles. The van der Waals surface area contributed by atoms with Gasteiger partial charge in [0.25, 0.3) is 0 Å². The normalized spacial score (nSPS) is 15.1. The lowest BCUT2D eigenvalue weighted by molar-refractivity contribution is 0.434. The largest absolute Gasteiger partial charge is 0.316 e. The average Bonchev–Trinajstić information content (AvgIpc) is 2.37. The first-order chi connectivity index (χ1) is 9.31. The van der Waals surface area contributed by atoms with Gasteiger partial charge in [-0.1, -0.05) is 26.3 Å². The zero-order valence-corrected chi connectivity index (χ0v) is 14.8. The molecule has 4 nitrogen and oxygen atoms in total. The van der Waals surface area contributed by atoms with Gasteiger partial charge in [-0.05, 0) is 53.5 Å². The standard InChI is InChI=1S/C14H23BrN2O2S/c1-5-10(2)11(3)17-20(18,19)14-7-6-12(9-16-4)8-13(14)15/h6-8,10-11,16-17H,5,9H2,1-4H3. The van der Waals surface area contributed by atoms with Crippen LogP contribution in [-0.2, 0) is 16.6 Å². The van der Waals surface area contributed by atoms with E-state index in [1.54, 1.807) is 6.07 Å². The Labute approximate surface area is 130 Å². The van der Waals surface area contributed by atoms with Crippen molar-refractivity contribution < 1.29 is 8.42 Å². The molecule has 0 amide bonds. The van der Waals surface area contributed by atoms with Gasteiger partial charge in [0.15, 0.2) is 0 Å². The van der Waals surface area contributed by atoms with Gasteiger partial charge in [0.05, 0.1) is 4.90 Å². The Balaban J connectivity index is 2.98. The van der Waals surface area contributed by atoms with Crippen LogP contribution in [-0.4, -0.2) is 21.5 Å². The highest BCUT2D eigenvalue weighted by Crippen LogP contribution is 2.24. The van der Waals surface area contributed by atoms with E-state index in [0.717, 1.165) is 12.0 Å². The zero-order valence-electron chi connectivity index (χ0n) is 12.4. The molecular formula is C14H23BrN2O2S. The molecule has 20 heavy (non-hydrogen) atoms. The third-order valence-electron chi connectivity index (χ3n) is 3.51. The average molecular weight is 363 g/mol. The van der Waals surface area contributed by atoms with Crippen molar-refractivity contribution in [2.75, 3.05) is 7.05 Å². The summed E-state index contributed by atoms with van der Waals surface area (Å²) >= 11 is 3.35. The SMILES string of the molecule is CCC(C)C(C)NS(=O)(=O)c1ccc(CNC)cc1Br. The molecule has 0 heterocycles. The smallest absolute Gasteiger partial charge is 0.241 e. The summed E-state index contributed by atoms with van der Waals surface area (Å²) in [5, 5.41) is 3.04. The van der Waals surface area contributed by atoms with Crippen molar-refractivity contribution >= 4 is 26.0 Å². The number of sulfonamides is 1. The molecule has 0 aromatic heterocycles. The van der Waals surface area contributed by atoms with E-state index in [0.29, 0.717) is 16.9 Å². The van der Waals surface area contributed by atoms with Gasteiger partial charge in [-0.15, -0.1) is 0 Å². The van der Waals surface area contributed by atoms with Crippen LogP contribution in [0, 0.1) is 5.92 Å². The zero-order chi connectivity index (χ0) is 15.3. The van der Waals surface area contributed by atoms with Gasteiger partial charge in [0.1, 0.15) is 0 Å². The summed E-state index contributed by atoms with van der Waals surface area (Å²) in [5.41, 5.74) is 1.04. The quantitative estimate of drug-likeness (QED) is 0.783. The predicted molar refractivity (Wildman–Crippen MR) is 86.1 cm³/mol. The number of hydrogen-bond donors (Lipinski definition) is 2. The molecule has 0 aliphatic carbocycles. The maximum atomic E-state index is 12.4. The Hall–Kier alpha value is -0.430. The molecule has 114 valence electrons. The van der Waals surface area contributed by atoms with Crippen LogP contribution in [0.4, 0.5) is 0 Å². The Morgan fingerprint density at radius 2 is 1.95 bits per heavy atom. The first kappa shape index (κ1) is 17.6. The molecule has 6 heteroatoms. The summed E-state index contributed by atoms with van der Waals surface area (Å²) in [6.07, 6.45) is 0.936. The highest BCUT2D eigenvalue weighted by molar-refractivity contribution is 9.10. The third-order valence-corrected chi connectivity index (χ3v) is 6.04. The van der Waals surface area contributed by atoms with E-state index in [1.807, 2.05) is 33.0 Å². The molecule has 0 aliphatic rings. The Bertz CT molecular complexity index is 546.